The molecule has 2 atom stereocenters. The first-order valence-electron chi connectivity index (χ1n) is 11.3. The number of allylic oxidation sites excluding steroid dienone is 1. The molecule has 162 valence electrons. The Balaban J connectivity index is 1.45. The summed E-state index contributed by atoms with van der Waals surface area (Å²) in [6.07, 6.45) is 10.7. The second-order valence-corrected chi connectivity index (χ2v) is 8.38. The minimum Gasteiger partial charge on any atom is -0.498 e. The van der Waals surface area contributed by atoms with E-state index < -0.39 is 6.10 Å². The Labute approximate surface area is 182 Å². The van der Waals surface area contributed by atoms with E-state index in [2.05, 4.69) is 56.0 Å². The van der Waals surface area contributed by atoms with Gasteiger partial charge in [-0.2, -0.15) is 0 Å². The molecule has 2 aromatic heterocycles. The van der Waals surface area contributed by atoms with E-state index in [1.54, 1.807) is 12.7 Å². The normalized spacial score (nSPS) is 19.4. The molecule has 7 heteroatoms. The monoisotopic (exact) mass is 419 g/mol. The Hall–Kier alpha value is -2.93. The van der Waals surface area contributed by atoms with Crippen LogP contribution in [-0.2, 0) is 11.2 Å². The van der Waals surface area contributed by atoms with Crippen LogP contribution >= 0.6 is 0 Å². The van der Waals surface area contributed by atoms with E-state index in [9.17, 15) is 5.11 Å². The highest BCUT2D eigenvalue weighted by Gasteiger charge is 2.35. The Kier molecular flexibility index (Phi) is 5.59. The number of nitrogens with one attached hydrogen (secondary N) is 1. The summed E-state index contributed by atoms with van der Waals surface area (Å²) in [5.74, 6) is 1.81. The fourth-order valence-corrected chi connectivity index (χ4v) is 4.79. The zero-order chi connectivity index (χ0) is 21.2. The average molecular weight is 420 g/mol. The highest BCUT2D eigenvalue weighted by Crippen LogP contribution is 2.38. The predicted octanol–water partition coefficient (Wildman–Crippen LogP) is 4.16. The van der Waals surface area contributed by atoms with Crippen molar-refractivity contribution in [2.24, 2.45) is 0 Å². The van der Waals surface area contributed by atoms with Crippen molar-refractivity contribution in [3.05, 3.63) is 53.3 Å². The number of nitrogens with zero attached hydrogens (tertiary/aromatic N) is 4. The number of H-pyrrole nitrogens is 1. The minimum absolute atomic E-state index is 0.0545. The van der Waals surface area contributed by atoms with Crippen molar-refractivity contribution in [2.75, 3.05) is 18.1 Å². The molecular weight excluding hydrogens is 390 g/mol. The Morgan fingerprint density at radius 2 is 2.19 bits per heavy atom. The van der Waals surface area contributed by atoms with Crippen LogP contribution in [0.25, 0.3) is 17.2 Å². The van der Waals surface area contributed by atoms with E-state index in [1.807, 2.05) is 0 Å². The Bertz CT molecular complexity index is 1090. The van der Waals surface area contributed by atoms with Crippen LogP contribution in [0.3, 0.4) is 0 Å². The number of aliphatic hydroxyl groups excluding tert-OH is 1. The number of benzene rings is 1. The summed E-state index contributed by atoms with van der Waals surface area (Å²) >= 11 is 0. The number of aliphatic hydroxyl groups is 1. The largest absolute Gasteiger partial charge is 0.498 e. The van der Waals surface area contributed by atoms with E-state index in [1.165, 1.54) is 5.56 Å². The molecule has 0 radical (unpaired) electrons. The molecule has 0 spiro atoms. The molecule has 3 aromatic rings. The number of aromatic amines is 1. The third kappa shape index (κ3) is 3.78. The summed E-state index contributed by atoms with van der Waals surface area (Å²) < 4.78 is 6.01. The molecule has 5 rings (SSSR count). The van der Waals surface area contributed by atoms with Crippen molar-refractivity contribution in [1.82, 2.24) is 19.9 Å². The molecule has 31 heavy (non-hydrogen) atoms. The van der Waals surface area contributed by atoms with Gasteiger partial charge in [0.15, 0.2) is 11.5 Å². The van der Waals surface area contributed by atoms with Gasteiger partial charge in [-0.05, 0) is 48.4 Å². The second-order valence-electron chi connectivity index (χ2n) is 8.38. The van der Waals surface area contributed by atoms with Gasteiger partial charge in [0.1, 0.15) is 11.8 Å². The molecule has 2 aliphatic rings. The van der Waals surface area contributed by atoms with Gasteiger partial charge in [0.25, 0.3) is 0 Å². The molecule has 0 saturated carbocycles. The molecule has 1 aliphatic heterocycles. The lowest BCUT2D eigenvalue weighted by Crippen LogP contribution is -2.35. The highest BCUT2D eigenvalue weighted by atomic mass is 16.5. The van der Waals surface area contributed by atoms with Gasteiger partial charge in [-0.1, -0.05) is 31.5 Å². The molecule has 7 nitrogen and oxygen atoms in total. The minimum atomic E-state index is -0.618. The standard InChI is InChI=1S/C24H29N5O2/c1-2-3-12-31-17-10-9-16-6-4-7-18(19(16)13-17)22(30)20-8-5-11-29(20)24-21-23(26-14-25-21)27-15-28-24/h4,6-7,13-15,20,22,30H,2-3,5,8-12H2,1H3,(H,25,26,27,28)/t20-,22?/m1/s1. The van der Waals surface area contributed by atoms with E-state index in [4.69, 9.17) is 4.74 Å². The number of imidazole rings is 1. The topological polar surface area (TPSA) is 87.2 Å². The van der Waals surface area contributed by atoms with Crippen molar-refractivity contribution in [3.8, 4) is 0 Å². The number of hydrogen-bond acceptors (Lipinski definition) is 6. The highest BCUT2D eigenvalue weighted by molar-refractivity contribution is 5.83. The molecule has 2 N–H and O–H groups in total. The molecule has 1 saturated heterocycles. The molecular formula is C24H29N5O2. The van der Waals surface area contributed by atoms with Gasteiger partial charge in [0, 0.05) is 13.0 Å². The van der Waals surface area contributed by atoms with Gasteiger partial charge >= 0.3 is 0 Å². The molecule has 1 aliphatic carbocycles. The Morgan fingerprint density at radius 1 is 1.26 bits per heavy atom. The second kappa shape index (κ2) is 8.67. The SMILES string of the molecule is CCCCOC1=Cc2c(cccc2C(O)[C@H]2CCCN2c2ncnc3[nH]cnc23)CC1. The van der Waals surface area contributed by atoms with Gasteiger partial charge in [-0.25, -0.2) is 15.0 Å². The van der Waals surface area contributed by atoms with Gasteiger partial charge < -0.3 is 19.7 Å². The maximum Gasteiger partial charge on any atom is 0.162 e. The smallest absolute Gasteiger partial charge is 0.162 e. The quantitative estimate of drug-likeness (QED) is 0.559. The molecule has 1 aromatic carbocycles. The number of aryl methyl sites for hydroxylation is 1. The van der Waals surface area contributed by atoms with Gasteiger partial charge in [-0.15, -0.1) is 0 Å². The van der Waals surface area contributed by atoms with E-state index in [0.717, 1.165) is 85.5 Å². The van der Waals surface area contributed by atoms with Crippen molar-refractivity contribution in [3.63, 3.8) is 0 Å². The van der Waals surface area contributed by atoms with Gasteiger partial charge in [-0.3, -0.25) is 0 Å². The maximum atomic E-state index is 11.5. The lowest BCUT2D eigenvalue weighted by atomic mass is 9.87. The van der Waals surface area contributed by atoms with E-state index in [0.29, 0.717) is 0 Å². The zero-order valence-electron chi connectivity index (χ0n) is 17.9. The third-order valence-corrected chi connectivity index (χ3v) is 6.41. The first-order chi connectivity index (χ1) is 15.3. The van der Waals surface area contributed by atoms with Crippen molar-refractivity contribution in [1.29, 1.82) is 0 Å². The zero-order valence-corrected chi connectivity index (χ0v) is 17.9. The van der Waals surface area contributed by atoms with Crippen LogP contribution in [0.15, 0.2) is 36.6 Å². The molecule has 1 unspecified atom stereocenters. The first kappa shape index (κ1) is 20.0. The molecule has 0 bridgehead atoms. The van der Waals surface area contributed by atoms with Crippen LogP contribution in [0.1, 0.15) is 61.8 Å². The van der Waals surface area contributed by atoms with Crippen LogP contribution < -0.4 is 4.90 Å². The first-order valence-corrected chi connectivity index (χ1v) is 11.3. The van der Waals surface area contributed by atoms with Crippen LogP contribution in [0, 0.1) is 0 Å². The molecule has 3 heterocycles. The van der Waals surface area contributed by atoms with Crippen LogP contribution in [0.2, 0.25) is 0 Å². The number of rotatable bonds is 7. The fourth-order valence-electron chi connectivity index (χ4n) is 4.79. The lowest BCUT2D eigenvalue weighted by Gasteiger charge is -2.31. The summed E-state index contributed by atoms with van der Waals surface area (Å²) in [6.45, 7) is 3.77. The average Bonchev–Trinajstić information content (AvgIpc) is 3.48. The predicted molar refractivity (Wildman–Crippen MR) is 121 cm³/mol. The maximum absolute atomic E-state index is 11.5. The van der Waals surface area contributed by atoms with Gasteiger partial charge in [0.05, 0.1) is 30.8 Å². The summed E-state index contributed by atoms with van der Waals surface area (Å²) in [5, 5.41) is 11.5. The fraction of sp³-hybridized carbons (Fsp3) is 0.458. The third-order valence-electron chi connectivity index (χ3n) is 6.41. The summed E-state index contributed by atoms with van der Waals surface area (Å²) in [5.41, 5.74) is 4.84. The van der Waals surface area contributed by atoms with Crippen molar-refractivity contribution < 1.29 is 9.84 Å². The Morgan fingerprint density at radius 3 is 3.10 bits per heavy atom. The van der Waals surface area contributed by atoms with Crippen LogP contribution in [0.4, 0.5) is 5.82 Å². The van der Waals surface area contributed by atoms with Crippen LogP contribution in [0.5, 0.6) is 0 Å². The number of anilines is 1. The van der Waals surface area contributed by atoms with E-state index >= 15 is 0 Å². The number of aromatic nitrogens is 4. The van der Waals surface area contributed by atoms with Crippen LogP contribution in [-0.4, -0.2) is 44.2 Å². The summed E-state index contributed by atoms with van der Waals surface area (Å²) in [4.78, 5) is 18.4. The number of hydrogen-bond donors (Lipinski definition) is 2. The number of ether oxygens (including phenoxy) is 1. The summed E-state index contributed by atoms with van der Waals surface area (Å²) in [7, 11) is 0. The number of unbranched alkanes of at least 4 members (excludes halogenated alkanes) is 1. The molecule has 0 amide bonds. The summed E-state index contributed by atoms with van der Waals surface area (Å²) in [6, 6.07) is 6.22. The van der Waals surface area contributed by atoms with Gasteiger partial charge in [0.2, 0.25) is 0 Å². The lowest BCUT2D eigenvalue weighted by molar-refractivity contribution is 0.146. The van der Waals surface area contributed by atoms with E-state index in [-0.39, 0.29) is 6.04 Å². The van der Waals surface area contributed by atoms with Crippen molar-refractivity contribution >= 4 is 23.1 Å². The molecule has 1 fully saturated rings. The van der Waals surface area contributed by atoms with Crippen molar-refractivity contribution in [2.45, 2.75) is 57.6 Å². The number of fused-ring (bicyclic) bond motifs is 2.